The average molecular weight is 390 g/mol. The number of rotatable bonds is 5. The first-order valence-electron chi connectivity index (χ1n) is 6.27. The first kappa shape index (κ1) is 16.4. The van der Waals surface area contributed by atoms with Crippen LogP contribution in [-0.2, 0) is 4.79 Å². The summed E-state index contributed by atoms with van der Waals surface area (Å²) in [6.07, 6.45) is 1.78. The summed E-state index contributed by atoms with van der Waals surface area (Å²) in [4.78, 5) is 15.1. The Bertz CT molecular complexity index is 673. The fourth-order valence-corrected chi connectivity index (χ4v) is 3.18. The lowest BCUT2D eigenvalue weighted by atomic mass is 10.1. The molecule has 0 unspecified atom stereocenters. The maximum atomic E-state index is 10.8. The maximum Gasteiger partial charge on any atom is 0.313 e. The molecule has 1 N–H and O–H groups in total. The van der Waals surface area contributed by atoms with Crippen LogP contribution in [0.15, 0.2) is 34.0 Å². The molecule has 0 aliphatic rings. The van der Waals surface area contributed by atoms with Crippen LogP contribution in [0.3, 0.4) is 0 Å². The van der Waals surface area contributed by atoms with Gasteiger partial charge in [-0.1, -0.05) is 37.2 Å². The second-order valence-corrected chi connectivity index (χ2v) is 6.97. The number of hydrogen-bond donors (Lipinski definition) is 1. The molecule has 112 valence electrons. The van der Waals surface area contributed by atoms with E-state index in [9.17, 15) is 4.79 Å². The normalized spacial score (nSPS) is 11.1. The number of carboxylic acid groups (broad SMARTS) is 1. The smallest absolute Gasteiger partial charge is 0.313 e. The Morgan fingerprint density at radius 3 is 2.86 bits per heavy atom. The molecule has 1 aromatic carbocycles. The molecule has 1 heterocycles. The van der Waals surface area contributed by atoms with Crippen molar-refractivity contribution >= 4 is 45.3 Å². The first-order chi connectivity index (χ1) is 9.90. The summed E-state index contributed by atoms with van der Waals surface area (Å²) in [5, 5.41) is 10.1. The summed E-state index contributed by atoms with van der Waals surface area (Å²) < 4.78 is 2.83. The lowest BCUT2D eigenvalue weighted by molar-refractivity contribution is -0.133. The van der Waals surface area contributed by atoms with Gasteiger partial charge in [0.25, 0.3) is 0 Å². The number of carboxylic acids is 1. The maximum absolute atomic E-state index is 10.8. The minimum absolute atomic E-state index is 0.0350. The molecule has 21 heavy (non-hydrogen) atoms. The SMILES string of the molecule is CC(C)c1cnc(SCC(=O)O)n1-c1cc(Cl)ccc1Br. The van der Waals surface area contributed by atoms with Crippen LogP contribution < -0.4 is 0 Å². The van der Waals surface area contributed by atoms with Crippen molar-refractivity contribution in [2.75, 3.05) is 5.75 Å². The van der Waals surface area contributed by atoms with E-state index < -0.39 is 5.97 Å². The fraction of sp³-hybridized carbons (Fsp3) is 0.286. The summed E-state index contributed by atoms with van der Waals surface area (Å²) in [7, 11) is 0. The van der Waals surface area contributed by atoms with Gasteiger partial charge in [-0.15, -0.1) is 0 Å². The topological polar surface area (TPSA) is 55.1 Å². The van der Waals surface area contributed by atoms with Gasteiger partial charge in [-0.2, -0.15) is 0 Å². The van der Waals surface area contributed by atoms with Gasteiger partial charge >= 0.3 is 5.97 Å². The fourth-order valence-electron chi connectivity index (χ4n) is 1.88. The lowest BCUT2D eigenvalue weighted by Gasteiger charge is -2.15. The van der Waals surface area contributed by atoms with Gasteiger partial charge in [0.05, 0.1) is 17.6 Å². The van der Waals surface area contributed by atoms with Crippen LogP contribution in [0.4, 0.5) is 0 Å². The molecule has 0 aliphatic carbocycles. The van der Waals surface area contributed by atoms with Crippen molar-refractivity contribution in [1.29, 1.82) is 0 Å². The number of imidazole rings is 1. The molecule has 0 spiro atoms. The average Bonchev–Trinajstić information content (AvgIpc) is 2.83. The molecule has 0 radical (unpaired) electrons. The van der Waals surface area contributed by atoms with Crippen LogP contribution in [-0.4, -0.2) is 26.4 Å². The Morgan fingerprint density at radius 1 is 1.52 bits per heavy atom. The van der Waals surface area contributed by atoms with E-state index in [1.807, 2.05) is 16.7 Å². The van der Waals surface area contributed by atoms with Gasteiger partial charge in [0.1, 0.15) is 0 Å². The highest BCUT2D eigenvalue weighted by atomic mass is 79.9. The third-order valence-electron chi connectivity index (χ3n) is 2.82. The molecule has 0 aliphatic heterocycles. The zero-order valence-electron chi connectivity index (χ0n) is 11.5. The third-order valence-corrected chi connectivity index (χ3v) is 4.67. The molecule has 2 aromatic rings. The Balaban J connectivity index is 2.55. The Morgan fingerprint density at radius 2 is 2.24 bits per heavy atom. The summed E-state index contributed by atoms with van der Waals surface area (Å²) in [5.41, 5.74) is 1.86. The van der Waals surface area contributed by atoms with E-state index in [0.717, 1.165) is 15.9 Å². The van der Waals surface area contributed by atoms with Crippen molar-refractivity contribution in [3.05, 3.63) is 39.6 Å². The van der Waals surface area contributed by atoms with Gasteiger partial charge in [-0.3, -0.25) is 9.36 Å². The number of benzene rings is 1. The molecular formula is C14H14BrClN2O2S. The van der Waals surface area contributed by atoms with E-state index in [1.165, 1.54) is 11.8 Å². The predicted molar refractivity (Wildman–Crippen MR) is 88.7 cm³/mol. The second kappa shape index (κ2) is 6.85. The molecule has 0 bridgehead atoms. The molecule has 1 aromatic heterocycles. The van der Waals surface area contributed by atoms with Crippen molar-refractivity contribution in [3.63, 3.8) is 0 Å². The number of aromatic nitrogens is 2. The van der Waals surface area contributed by atoms with E-state index in [-0.39, 0.29) is 11.7 Å². The number of aliphatic carboxylic acids is 1. The van der Waals surface area contributed by atoms with Gasteiger partial charge in [0.2, 0.25) is 0 Å². The molecule has 0 fully saturated rings. The van der Waals surface area contributed by atoms with Gasteiger partial charge in [-0.25, -0.2) is 4.98 Å². The molecular weight excluding hydrogens is 376 g/mol. The Hall–Kier alpha value is -0.980. The van der Waals surface area contributed by atoms with E-state index in [1.54, 1.807) is 12.3 Å². The standard InChI is InChI=1S/C14H14BrClN2O2S/c1-8(2)12-6-17-14(21-7-13(19)20)18(12)11-5-9(16)3-4-10(11)15/h3-6,8H,7H2,1-2H3,(H,19,20). The Labute approximate surface area is 140 Å². The molecule has 7 heteroatoms. The van der Waals surface area contributed by atoms with Crippen LogP contribution in [0.1, 0.15) is 25.5 Å². The third kappa shape index (κ3) is 3.81. The monoisotopic (exact) mass is 388 g/mol. The van der Waals surface area contributed by atoms with Crippen molar-refractivity contribution < 1.29 is 9.90 Å². The quantitative estimate of drug-likeness (QED) is 0.760. The highest BCUT2D eigenvalue weighted by molar-refractivity contribution is 9.10. The van der Waals surface area contributed by atoms with E-state index in [4.69, 9.17) is 16.7 Å². The number of nitrogens with zero attached hydrogens (tertiary/aromatic N) is 2. The molecule has 4 nitrogen and oxygen atoms in total. The zero-order valence-corrected chi connectivity index (χ0v) is 14.7. The highest BCUT2D eigenvalue weighted by Gasteiger charge is 2.18. The van der Waals surface area contributed by atoms with Gasteiger partial charge in [-0.05, 0) is 40.0 Å². The molecule has 0 amide bonds. The summed E-state index contributed by atoms with van der Waals surface area (Å²) in [6.45, 7) is 4.13. The number of carbonyl (C=O) groups is 1. The Kier molecular flexibility index (Phi) is 5.35. The summed E-state index contributed by atoms with van der Waals surface area (Å²) >= 11 is 10.8. The molecule has 0 saturated carbocycles. The van der Waals surface area contributed by atoms with Crippen molar-refractivity contribution in [3.8, 4) is 5.69 Å². The summed E-state index contributed by atoms with van der Waals surface area (Å²) in [6, 6.07) is 5.50. The zero-order chi connectivity index (χ0) is 15.6. The minimum atomic E-state index is -0.870. The first-order valence-corrected chi connectivity index (χ1v) is 8.43. The van der Waals surface area contributed by atoms with Crippen LogP contribution in [0.5, 0.6) is 0 Å². The van der Waals surface area contributed by atoms with Crippen LogP contribution >= 0.6 is 39.3 Å². The van der Waals surface area contributed by atoms with Crippen molar-refractivity contribution in [2.24, 2.45) is 0 Å². The lowest BCUT2D eigenvalue weighted by Crippen LogP contribution is -2.06. The number of hydrogen-bond acceptors (Lipinski definition) is 3. The van der Waals surface area contributed by atoms with E-state index >= 15 is 0 Å². The van der Waals surface area contributed by atoms with Crippen molar-refractivity contribution in [2.45, 2.75) is 24.9 Å². The second-order valence-electron chi connectivity index (χ2n) is 4.73. The van der Waals surface area contributed by atoms with Gasteiger partial charge < -0.3 is 5.11 Å². The van der Waals surface area contributed by atoms with Crippen LogP contribution in [0.2, 0.25) is 5.02 Å². The van der Waals surface area contributed by atoms with Gasteiger partial charge in [0, 0.05) is 15.2 Å². The predicted octanol–water partition coefficient (Wildman–Crippen LogP) is 4.59. The largest absolute Gasteiger partial charge is 0.481 e. The van der Waals surface area contributed by atoms with Crippen LogP contribution in [0, 0.1) is 0 Å². The van der Waals surface area contributed by atoms with Crippen molar-refractivity contribution in [1.82, 2.24) is 9.55 Å². The summed E-state index contributed by atoms with van der Waals surface area (Å²) in [5.74, 6) is -0.652. The molecule has 0 atom stereocenters. The molecule has 2 rings (SSSR count). The number of halogens is 2. The van der Waals surface area contributed by atoms with Crippen LogP contribution in [0.25, 0.3) is 5.69 Å². The van der Waals surface area contributed by atoms with Gasteiger partial charge in [0.15, 0.2) is 5.16 Å². The number of thioether (sulfide) groups is 1. The van der Waals surface area contributed by atoms with E-state index in [2.05, 4.69) is 34.8 Å². The van der Waals surface area contributed by atoms with E-state index in [0.29, 0.717) is 10.2 Å². The highest BCUT2D eigenvalue weighted by Crippen LogP contribution is 2.32. The molecule has 0 saturated heterocycles. The minimum Gasteiger partial charge on any atom is -0.481 e.